The fourth-order valence-electron chi connectivity index (χ4n) is 1.15. The molecule has 0 fully saturated rings. The largest absolute Gasteiger partial charge is 0.340 e. The zero-order valence-electron chi connectivity index (χ0n) is 8.51. The van der Waals surface area contributed by atoms with Gasteiger partial charge in [0.1, 0.15) is 11.8 Å². The molecule has 0 atom stereocenters. The zero-order chi connectivity index (χ0) is 11.1. The molecule has 0 aliphatic rings. The molecule has 1 aromatic heterocycles. The van der Waals surface area contributed by atoms with Gasteiger partial charge in [-0.1, -0.05) is 0 Å². The Morgan fingerprint density at radius 2 is 2.27 bits per heavy atom. The second kappa shape index (κ2) is 5.56. The van der Waals surface area contributed by atoms with Crippen LogP contribution in [0.3, 0.4) is 0 Å². The molecule has 0 amide bonds. The third-order valence-corrected chi connectivity index (χ3v) is 1.92. The molecular formula is C10H11N5. The topological polar surface area (TPSA) is 76.6 Å². The van der Waals surface area contributed by atoms with E-state index in [1.807, 2.05) is 17.9 Å². The summed E-state index contributed by atoms with van der Waals surface area (Å²) in [6, 6.07) is 5.59. The maximum Gasteiger partial charge on any atom is 0.226 e. The lowest BCUT2D eigenvalue weighted by molar-refractivity contribution is 0.789. The van der Waals surface area contributed by atoms with Crippen LogP contribution in [0.2, 0.25) is 0 Å². The van der Waals surface area contributed by atoms with Crippen LogP contribution in [-0.4, -0.2) is 23.1 Å². The van der Waals surface area contributed by atoms with Crippen LogP contribution in [-0.2, 0) is 0 Å². The van der Waals surface area contributed by atoms with E-state index in [-0.39, 0.29) is 0 Å². The van der Waals surface area contributed by atoms with Gasteiger partial charge >= 0.3 is 0 Å². The van der Waals surface area contributed by atoms with Crippen LogP contribution in [0, 0.1) is 22.7 Å². The molecule has 1 rings (SSSR count). The van der Waals surface area contributed by atoms with Gasteiger partial charge < -0.3 is 4.90 Å². The van der Waals surface area contributed by atoms with Gasteiger partial charge in [-0.05, 0) is 13.0 Å². The van der Waals surface area contributed by atoms with Crippen LogP contribution >= 0.6 is 0 Å². The lowest BCUT2D eigenvalue weighted by Crippen LogP contribution is -2.25. The van der Waals surface area contributed by atoms with Gasteiger partial charge in [0.05, 0.1) is 12.5 Å². The molecule has 0 saturated heterocycles. The molecule has 0 aromatic carbocycles. The maximum absolute atomic E-state index is 8.68. The van der Waals surface area contributed by atoms with Crippen molar-refractivity contribution in [3.63, 3.8) is 0 Å². The molecule has 0 saturated carbocycles. The quantitative estimate of drug-likeness (QED) is 0.728. The Kier molecular flexibility index (Phi) is 4.05. The predicted octanol–water partition coefficient (Wildman–Crippen LogP) is 1.09. The monoisotopic (exact) mass is 201 g/mol. The van der Waals surface area contributed by atoms with E-state index in [0.717, 1.165) is 6.54 Å². The predicted molar refractivity (Wildman–Crippen MR) is 54.9 cm³/mol. The summed E-state index contributed by atoms with van der Waals surface area (Å²) in [6.45, 7) is 3.26. The van der Waals surface area contributed by atoms with Gasteiger partial charge in [0.2, 0.25) is 5.95 Å². The van der Waals surface area contributed by atoms with Crippen molar-refractivity contribution in [2.45, 2.75) is 13.3 Å². The van der Waals surface area contributed by atoms with Crippen molar-refractivity contribution in [2.24, 2.45) is 0 Å². The van der Waals surface area contributed by atoms with Crippen LogP contribution < -0.4 is 4.90 Å². The van der Waals surface area contributed by atoms with Gasteiger partial charge in [-0.2, -0.15) is 10.5 Å². The first kappa shape index (κ1) is 10.9. The average Bonchev–Trinajstić information content (AvgIpc) is 2.30. The minimum Gasteiger partial charge on any atom is -0.340 e. The molecule has 15 heavy (non-hydrogen) atoms. The number of hydrogen-bond acceptors (Lipinski definition) is 5. The van der Waals surface area contributed by atoms with Crippen LogP contribution in [0.25, 0.3) is 0 Å². The lowest BCUT2D eigenvalue weighted by Gasteiger charge is -2.18. The van der Waals surface area contributed by atoms with Gasteiger partial charge in [0.25, 0.3) is 0 Å². The Morgan fingerprint density at radius 3 is 2.87 bits per heavy atom. The average molecular weight is 201 g/mol. The summed E-state index contributed by atoms with van der Waals surface area (Å²) in [5.41, 5.74) is 0.343. The second-order valence-corrected chi connectivity index (χ2v) is 2.84. The van der Waals surface area contributed by atoms with Crippen molar-refractivity contribution in [3.05, 3.63) is 18.0 Å². The van der Waals surface area contributed by atoms with E-state index in [2.05, 4.69) is 16.0 Å². The fourth-order valence-corrected chi connectivity index (χ4v) is 1.15. The third-order valence-electron chi connectivity index (χ3n) is 1.92. The van der Waals surface area contributed by atoms with E-state index in [0.29, 0.717) is 24.6 Å². The van der Waals surface area contributed by atoms with Crippen LogP contribution in [0.15, 0.2) is 12.3 Å². The summed E-state index contributed by atoms with van der Waals surface area (Å²) in [5.74, 6) is 0.506. The first-order valence-corrected chi connectivity index (χ1v) is 4.66. The Labute approximate surface area is 88.6 Å². The number of nitriles is 2. The van der Waals surface area contributed by atoms with Crippen LogP contribution in [0.1, 0.15) is 19.0 Å². The second-order valence-electron chi connectivity index (χ2n) is 2.84. The molecule has 0 radical (unpaired) electrons. The molecular weight excluding hydrogens is 190 g/mol. The maximum atomic E-state index is 8.68. The summed E-state index contributed by atoms with van der Waals surface area (Å²) in [6.07, 6.45) is 1.98. The molecule has 1 aromatic rings. The molecule has 0 bridgehead atoms. The highest BCUT2D eigenvalue weighted by atomic mass is 15.2. The molecule has 5 nitrogen and oxygen atoms in total. The standard InChI is InChI=1S/C10H11N5/c1-2-15(7-3-5-11)10-13-6-4-9(8-12)14-10/h4,6H,2-3,7H2,1H3. The van der Waals surface area contributed by atoms with Crippen LogP contribution in [0.4, 0.5) is 5.95 Å². The first-order chi connectivity index (χ1) is 7.31. The third kappa shape index (κ3) is 2.92. The SMILES string of the molecule is CCN(CCC#N)c1nccc(C#N)n1. The summed E-state index contributed by atoms with van der Waals surface area (Å²) in [5, 5.41) is 17.2. The highest BCUT2D eigenvalue weighted by Crippen LogP contribution is 2.07. The highest BCUT2D eigenvalue weighted by molar-refractivity contribution is 5.33. The Bertz CT molecular complexity index is 401. The number of rotatable bonds is 4. The van der Waals surface area contributed by atoms with Crippen molar-refractivity contribution in [1.29, 1.82) is 10.5 Å². The lowest BCUT2D eigenvalue weighted by atomic mass is 10.4. The summed E-state index contributed by atoms with van der Waals surface area (Å²) in [4.78, 5) is 9.99. The van der Waals surface area contributed by atoms with Crippen molar-refractivity contribution < 1.29 is 0 Å². The number of hydrogen-bond donors (Lipinski definition) is 0. The fraction of sp³-hybridized carbons (Fsp3) is 0.400. The van der Waals surface area contributed by atoms with E-state index < -0.39 is 0 Å². The van der Waals surface area contributed by atoms with E-state index in [1.54, 1.807) is 12.3 Å². The van der Waals surface area contributed by atoms with Gasteiger partial charge in [0, 0.05) is 19.3 Å². The zero-order valence-corrected chi connectivity index (χ0v) is 8.51. The Balaban J connectivity index is 2.83. The minimum atomic E-state index is 0.343. The summed E-state index contributed by atoms with van der Waals surface area (Å²) in [7, 11) is 0. The van der Waals surface area contributed by atoms with Crippen molar-refractivity contribution in [1.82, 2.24) is 9.97 Å². The molecule has 0 aliphatic heterocycles. The summed E-state index contributed by atoms with van der Waals surface area (Å²) < 4.78 is 0. The van der Waals surface area contributed by atoms with E-state index in [9.17, 15) is 0 Å². The van der Waals surface area contributed by atoms with Gasteiger partial charge in [-0.25, -0.2) is 9.97 Å². The van der Waals surface area contributed by atoms with Crippen molar-refractivity contribution in [2.75, 3.05) is 18.0 Å². The normalized spacial score (nSPS) is 9.00. The molecule has 0 aliphatic carbocycles. The van der Waals surface area contributed by atoms with Crippen molar-refractivity contribution in [3.8, 4) is 12.1 Å². The number of nitrogens with zero attached hydrogens (tertiary/aromatic N) is 5. The molecule has 0 spiro atoms. The van der Waals surface area contributed by atoms with E-state index in [1.165, 1.54) is 0 Å². The van der Waals surface area contributed by atoms with Crippen molar-refractivity contribution >= 4 is 5.95 Å². The molecule has 5 heteroatoms. The number of aromatic nitrogens is 2. The van der Waals surface area contributed by atoms with E-state index in [4.69, 9.17) is 10.5 Å². The van der Waals surface area contributed by atoms with Gasteiger partial charge in [-0.3, -0.25) is 0 Å². The Hall–Kier alpha value is -2.14. The highest BCUT2D eigenvalue weighted by Gasteiger charge is 2.07. The van der Waals surface area contributed by atoms with E-state index >= 15 is 0 Å². The molecule has 0 N–H and O–H groups in total. The van der Waals surface area contributed by atoms with Gasteiger partial charge in [-0.15, -0.1) is 0 Å². The molecule has 0 unspecified atom stereocenters. The first-order valence-electron chi connectivity index (χ1n) is 4.66. The smallest absolute Gasteiger partial charge is 0.226 e. The van der Waals surface area contributed by atoms with Gasteiger partial charge in [0.15, 0.2) is 0 Å². The minimum absolute atomic E-state index is 0.343. The molecule has 1 heterocycles. The van der Waals surface area contributed by atoms with Crippen LogP contribution in [0.5, 0.6) is 0 Å². The Morgan fingerprint density at radius 1 is 1.47 bits per heavy atom. The number of anilines is 1. The summed E-state index contributed by atoms with van der Waals surface area (Å²) >= 11 is 0. The molecule has 76 valence electrons.